The number of carbonyl (C=O) groups excluding carboxylic acids is 4. The van der Waals surface area contributed by atoms with E-state index in [-0.39, 0.29) is 5.48 Å². The second-order valence-electron chi connectivity index (χ2n) is 1.96. The van der Waals surface area contributed by atoms with E-state index >= 15 is 0 Å². The zero-order valence-corrected chi connectivity index (χ0v) is 8.44. The highest BCUT2D eigenvalue weighted by molar-refractivity contribution is 6.01. The van der Waals surface area contributed by atoms with E-state index in [0.29, 0.717) is 0 Å². The Morgan fingerprint density at radius 1 is 0.529 bits per heavy atom. The number of carbonyl (C=O) groups is 4. The summed E-state index contributed by atoms with van der Waals surface area (Å²) in [5.74, 6) is 3.61. The molecule has 0 aromatic heterocycles. The maximum absolute atomic E-state index is 9.74. The molecule has 0 aliphatic carbocycles. The molecular formula is C8H10N4O5. The van der Waals surface area contributed by atoms with Gasteiger partial charge in [0.25, 0.3) is 23.6 Å². The fourth-order valence-electron chi connectivity index (χ4n) is 0.246. The van der Waals surface area contributed by atoms with Gasteiger partial charge in [0.1, 0.15) is 0 Å². The average molecular weight is 242 g/mol. The average Bonchev–Trinajstić information content (AvgIpc) is 2.12. The van der Waals surface area contributed by atoms with E-state index in [1.807, 2.05) is 0 Å². The van der Waals surface area contributed by atoms with E-state index in [1.165, 1.54) is 0 Å². The molecule has 0 spiro atoms. The second-order valence-corrected chi connectivity index (χ2v) is 1.96. The minimum Gasteiger partial charge on any atom is -0.412 e. The van der Waals surface area contributed by atoms with Gasteiger partial charge in [-0.3, -0.25) is 19.2 Å². The van der Waals surface area contributed by atoms with Crippen LogP contribution in [0, 0.1) is 23.7 Å². The van der Waals surface area contributed by atoms with Gasteiger partial charge in [0, 0.05) is 23.7 Å². The summed E-state index contributed by atoms with van der Waals surface area (Å²) in [6.45, 7) is 0. The van der Waals surface area contributed by atoms with Gasteiger partial charge in [-0.05, 0) is 0 Å². The molecule has 0 unspecified atom stereocenters. The first-order chi connectivity index (χ1) is 7.25. The molecule has 0 radical (unpaired) electrons. The summed E-state index contributed by atoms with van der Waals surface area (Å²) in [6, 6.07) is 0. The predicted octanol–water partition coefficient (Wildman–Crippen LogP) is -4.90. The number of hydrogen-bond acceptors (Lipinski definition) is 4. The van der Waals surface area contributed by atoms with Gasteiger partial charge in [0.15, 0.2) is 0 Å². The summed E-state index contributed by atoms with van der Waals surface area (Å²) in [4.78, 5) is 39.0. The summed E-state index contributed by atoms with van der Waals surface area (Å²) in [7, 11) is 0. The molecule has 0 aliphatic heterocycles. The van der Waals surface area contributed by atoms with Crippen LogP contribution < -0.4 is 22.9 Å². The van der Waals surface area contributed by atoms with Gasteiger partial charge in [0.2, 0.25) is 0 Å². The Hall–Kier alpha value is -3.04. The largest absolute Gasteiger partial charge is 0.412 e. The van der Waals surface area contributed by atoms with Crippen molar-refractivity contribution in [1.29, 1.82) is 0 Å². The van der Waals surface area contributed by atoms with Gasteiger partial charge >= 0.3 is 0 Å². The minimum atomic E-state index is -0.858. The number of rotatable bonds is 0. The zero-order chi connectivity index (χ0) is 13.1. The van der Waals surface area contributed by atoms with Gasteiger partial charge in [-0.1, -0.05) is 0 Å². The molecule has 0 saturated carbocycles. The number of nitrogens with two attached hydrogens (primary N) is 4. The summed E-state index contributed by atoms with van der Waals surface area (Å²) in [6.07, 6.45) is 0. The molecule has 0 atom stereocenters. The number of primary amides is 4. The van der Waals surface area contributed by atoms with Crippen LogP contribution in [0.4, 0.5) is 0 Å². The van der Waals surface area contributed by atoms with E-state index in [4.69, 9.17) is 0 Å². The van der Waals surface area contributed by atoms with Crippen molar-refractivity contribution in [3.8, 4) is 23.7 Å². The Morgan fingerprint density at radius 2 is 0.647 bits per heavy atom. The van der Waals surface area contributed by atoms with Crippen molar-refractivity contribution in [2.45, 2.75) is 0 Å². The Morgan fingerprint density at radius 3 is 0.706 bits per heavy atom. The summed E-state index contributed by atoms with van der Waals surface area (Å²) in [5, 5.41) is 0. The summed E-state index contributed by atoms with van der Waals surface area (Å²) in [5.41, 5.74) is 18.1. The van der Waals surface area contributed by atoms with Crippen molar-refractivity contribution >= 4 is 23.6 Å². The minimum absolute atomic E-state index is 0. The topological polar surface area (TPSA) is 204 Å². The second kappa shape index (κ2) is 11.0. The fourth-order valence-corrected chi connectivity index (χ4v) is 0.246. The van der Waals surface area contributed by atoms with Gasteiger partial charge in [-0.2, -0.15) is 0 Å². The monoisotopic (exact) mass is 242 g/mol. The molecule has 0 aliphatic rings. The van der Waals surface area contributed by atoms with E-state index in [2.05, 4.69) is 22.9 Å². The van der Waals surface area contributed by atoms with Crippen LogP contribution in [0.25, 0.3) is 0 Å². The van der Waals surface area contributed by atoms with Crippen LogP contribution in [-0.2, 0) is 19.2 Å². The van der Waals surface area contributed by atoms with Crippen LogP contribution in [-0.4, -0.2) is 29.1 Å². The van der Waals surface area contributed by atoms with Gasteiger partial charge < -0.3 is 28.4 Å². The maximum atomic E-state index is 9.74. The zero-order valence-electron chi connectivity index (χ0n) is 8.44. The smallest absolute Gasteiger partial charge is 0.293 e. The normalized spacial score (nSPS) is 6.12. The molecule has 9 heteroatoms. The van der Waals surface area contributed by atoms with Crippen LogP contribution in [0.15, 0.2) is 0 Å². The Bertz CT molecular complexity index is 356. The Balaban J connectivity index is -0.000000218. The molecule has 0 bridgehead atoms. The number of hydrogen-bond donors (Lipinski definition) is 4. The molecular weight excluding hydrogens is 232 g/mol. The van der Waals surface area contributed by atoms with Crippen molar-refractivity contribution < 1.29 is 24.7 Å². The molecule has 0 aromatic carbocycles. The number of amides is 4. The van der Waals surface area contributed by atoms with E-state index < -0.39 is 23.6 Å². The lowest BCUT2D eigenvalue weighted by Gasteiger charge is -1.69. The van der Waals surface area contributed by atoms with Gasteiger partial charge in [-0.25, -0.2) is 0 Å². The van der Waals surface area contributed by atoms with Crippen LogP contribution in [0.3, 0.4) is 0 Å². The van der Waals surface area contributed by atoms with Crippen LogP contribution in [0.2, 0.25) is 0 Å². The first kappa shape index (κ1) is 19.5. The highest BCUT2D eigenvalue weighted by Gasteiger charge is 1.82. The standard InChI is InChI=1S/2C4H4N2O2.H2O/c2*5-3(7)1-2-4(6)8;/h2*(H2,5,7)(H2,6,8);1H2. The molecule has 0 rings (SSSR count). The van der Waals surface area contributed by atoms with Crippen molar-refractivity contribution in [3.05, 3.63) is 0 Å². The molecule has 0 heterocycles. The summed E-state index contributed by atoms with van der Waals surface area (Å²) < 4.78 is 0. The van der Waals surface area contributed by atoms with Crippen LogP contribution in [0.5, 0.6) is 0 Å². The fraction of sp³-hybridized carbons (Fsp3) is 0. The lowest BCUT2D eigenvalue weighted by molar-refractivity contribution is -0.114. The SMILES string of the molecule is NC(=O)C#CC(N)=O.NC(=O)C#CC(N)=O.O. The van der Waals surface area contributed by atoms with E-state index in [9.17, 15) is 19.2 Å². The molecule has 17 heavy (non-hydrogen) atoms. The highest BCUT2D eigenvalue weighted by Crippen LogP contribution is 1.51. The maximum Gasteiger partial charge on any atom is 0.293 e. The lowest BCUT2D eigenvalue weighted by Crippen LogP contribution is -2.11. The highest BCUT2D eigenvalue weighted by atomic mass is 16.2. The molecule has 10 N–H and O–H groups in total. The molecule has 9 nitrogen and oxygen atoms in total. The predicted molar refractivity (Wildman–Crippen MR) is 55.9 cm³/mol. The van der Waals surface area contributed by atoms with Crippen molar-refractivity contribution in [3.63, 3.8) is 0 Å². The van der Waals surface area contributed by atoms with E-state index in [1.54, 1.807) is 23.7 Å². The first-order valence-corrected chi connectivity index (χ1v) is 3.47. The van der Waals surface area contributed by atoms with E-state index in [0.717, 1.165) is 0 Å². The van der Waals surface area contributed by atoms with Gasteiger partial charge in [-0.15, -0.1) is 0 Å². The Kier molecular flexibility index (Phi) is 12.7. The molecule has 0 saturated heterocycles. The molecule has 0 fully saturated rings. The van der Waals surface area contributed by atoms with Crippen LogP contribution >= 0.6 is 0 Å². The Labute approximate surface area is 95.8 Å². The molecule has 4 amide bonds. The third-order valence-electron chi connectivity index (χ3n) is 0.618. The van der Waals surface area contributed by atoms with Crippen molar-refractivity contribution in [1.82, 2.24) is 0 Å². The van der Waals surface area contributed by atoms with Crippen molar-refractivity contribution in [2.24, 2.45) is 22.9 Å². The summed E-state index contributed by atoms with van der Waals surface area (Å²) >= 11 is 0. The third-order valence-corrected chi connectivity index (χ3v) is 0.618. The lowest BCUT2D eigenvalue weighted by atomic mass is 10.5. The third kappa shape index (κ3) is 32.1. The molecule has 92 valence electrons. The first-order valence-electron chi connectivity index (χ1n) is 3.47. The quantitative estimate of drug-likeness (QED) is 0.308. The molecule has 0 aromatic rings. The van der Waals surface area contributed by atoms with Crippen molar-refractivity contribution in [2.75, 3.05) is 0 Å². The van der Waals surface area contributed by atoms with Gasteiger partial charge in [0.05, 0.1) is 0 Å². The van der Waals surface area contributed by atoms with Crippen LogP contribution in [0.1, 0.15) is 0 Å².